The van der Waals surface area contributed by atoms with Crippen molar-refractivity contribution in [3.8, 4) is 5.88 Å². The molecule has 1 aliphatic carbocycles. The maximum Gasteiger partial charge on any atom is 0.223 e. The van der Waals surface area contributed by atoms with Crippen molar-refractivity contribution in [3.05, 3.63) is 36.0 Å². The Kier molecular flexibility index (Phi) is 4.34. The molecular weight excluding hydrogens is 228 g/mol. The van der Waals surface area contributed by atoms with Gasteiger partial charge in [-0.05, 0) is 25.3 Å². The third-order valence-electron chi connectivity index (χ3n) is 3.14. The number of nitrogens with zero attached hydrogens (tertiary/aromatic N) is 1. The number of methoxy groups -OCH3 is 1. The Bertz CT molecular complexity index is 443. The van der Waals surface area contributed by atoms with Crippen LogP contribution in [-0.2, 0) is 11.3 Å². The van der Waals surface area contributed by atoms with Gasteiger partial charge in [0.05, 0.1) is 7.11 Å². The second kappa shape index (κ2) is 6.19. The van der Waals surface area contributed by atoms with E-state index in [2.05, 4.69) is 22.5 Å². The van der Waals surface area contributed by atoms with Crippen LogP contribution >= 0.6 is 0 Å². The Morgan fingerprint density at radius 3 is 3.17 bits per heavy atom. The fourth-order valence-electron chi connectivity index (χ4n) is 2.10. The molecule has 0 saturated heterocycles. The minimum atomic E-state index is 0.109. The molecule has 0 aliphatic heterocycles. The number of rotatable bonds is 4. The van der Waals surface area contributed by atoms with Crippen LogP contribution < -0.4 is 10.1 Å². The van der Waals surface area contributed by atoms with Crippen LogP contribution in [0.15, 0.2) is 30.5 Å². The Hall–Kier alpha value is -1.84. The first-order valence-electron chi connectivity index (χ1n) is 6.22. The topological polar surface area (TPSA) is 51.2 Å². The van der Waals surface area contributed by atoms with Crippen LogP contribution in [0.25, 0.3) is 0 Å². The van der Waals surface area contributed by atoms with Crippen LogP contribution in [0.2, 0.25) is 0 Å². The first-order chi connectivity index (χ1) is 8.81. The van der Waals surface area contributed by atoms with Gasteiger partial charge in [0.1, 0.15) is 0 Å². The van der Waals surface area contributed by atoms with Gasteiger partial charge in [-0.15, -0.1) is 0 Å². The molecule has 4 nitrogen and oxygen atoms in total. The molecule has 0 spiro atoms. The lowest BCUT2D eigenvalue weighted by Gasteiger charge is -2.17. The number of aromatic nitrogens is 1. The lowest BCUT2D eigenvalue weighted by molar-refractivity contribution is -0.125. The first-order valence-corrected chi connectivity index (χ1v) is 6.22. The quantitative estimate of drug-likeness (QED) is 0.827. The molecule has 1 atom stereocenters. The molecule has 1 aromatic rings. The summed E-state index contributed by atoms with van der Waals surface area (Å²) >= 11 is 0. The summed E-state index contributed by atoms with van der Waals surface area (Å²) in [6, 6.07) is 3.75. The summed E-state index contributed by atoms with van der Waals surface area (Å²) in [5.41, 5.74) is 0.903. The number of ether oxygens (including phenoxy) is 1. The highest BCUT2D eigenvalue weighted by molar-refractivity contribution is 5.79. The van der Waals surface area contributed by atoms with Crippen molar-refractivity contribution in [1.29, 1.82) is 0 Å². The average Bonchev–Trinajstić information content (AvgIpc) is 2.46. The van der Waals surface area contributed by atoms with Crippen LogP contribution in [0, 0.1) is 5.92 Å². The van der Waals surface area contributed by atoms with Gasteiger partial charge in [-0.25, -0.2) is 4.98 Å². The summed E-state index contributed by atoms with van der Waals surface area (Å²) in [7, 11) is 1.58. The molecule has 0 fully saturated rings. The molecule has 0 unspecified atom stereocenters. The number of allylic oxidation sites excluding steroid dienone is 2. The molecule has 18 heavy (non-hydrogen) atoms. The predicted molar refractivity (Wildman–Crippen MR) is 69.1 cm³/mol. The van der Waals surface area contributed by atoms with E-state index < -0.39 is 0 Å². The van der Waals surface area contributed by atoms with Crippen molar-refractivity contribution in [3.63, 3.8) is 0 Å². The van der Waals surface area contributed by atoms with Gasteiger partial charge in [0.15, 0.2) is 0 Å². The highest BCUT2D eigenvalue weighted by Gasteiger charge is 2.18. The molecule has 2 rings (SSSR count). The molecule has 1 amide bonds. The summed E-state index contributed by atoms with van der Waals surface area (Å²) in [6.45, 7) is 0.468. The van der Waals surface area contributed by atoms with Gasteiger partial charge in [0, 0.05) is 24.2 Å². The first kappa shape index (κ1) is 12.6. The zero-order valence-corrected chi connectivity index (χ0v) is 10.6. The predicted octanol–water partition coefficient (Wildman–Crippen LogP) is 2.06. The Morgan fingerprint density at radius 1 is 1.56 bits per heavy atom. The van der Waals surface area contributed by atoms with E-state index in [0.717, 1.165) is 24.8 Å². The molecule has 1 N–H and O–H groups in total. The largest absolute Gasteiger partial charge is 0.481 e. The van der Waals surface area contributed by atoms with Gasteiger partial charge in [0.2, 0.25) is 11.8 Å². The third-order valence-corrected chi connectivity index (χ3v) is 3.14. The van der Waals surface area contributed by atoms with Crippen molar-refractivity contribution in [2.24, 2.45) is 5.92 Å². The Labute approximate surface area is 107 Å². The molecule has 1 aromatic heterocycles. The van der Waals surface area contributed by atoms with Crippen molar-refractivity contribution in [1.82, 2.24) is 10.3 Å². The van der Waals surface area contributed by atoms with Gasteiger partial charge in [-0.3, -0.25) is 4.79 Å². The van der Waals surface area contributed by atoms with Crippen LogP contribution in [0.5, 0.6) is 5.88 Å². The molecule has 0 radical (unpaired) electrons. The van der Waals surface area contributed by atoms with Crippen LogP contribution in [-0.4, -0.2) is 18.0 Å². The van der Waals surface area contributed by atoms with Crippen LogP contribution in [0.4, 0.5) is 0 Å². The van der Waals surface area contributed by atoms with Crippen LogP contribution in [0.1, 0.15) is 24.8 Å². The second-order valence-electron chi connectivity index (χ2n) is 4.37. The molecule has 1 heterocycles. The monoisotopic (exact) mass is 246 g/mol. The zero-order valence-electron chi connectivity index (χ0n) is 10.6. The summed E-state index contributed by atoms with van der Waals surface area (Å²) in [5, 5.41) is 2.95. The number of nitrogens with one attached hydrogen (secondary N) is 1. The van der Waals surface area contributed by atoms with Gasteiger partial charge in [-0.2, -0.15) is 0 Å². The van der Waals surface area contributed by atoms with Crippen molar-refractivity contribution >= 4 is 5.91 Å². The maximum atomic E-state index is 12.0. The van der Waals surface area contributed by atoms with E-state index in [9.17, 15) is 4.79 Å². The summed E-state index contributed by atoms with van der Waals surface area (Å²) in [4.78, 5) is 16.1. The molecular formula is C14H18N2O2. The molecule has 0 bridgehead atoms. The van der Waals surface area contributed by atoms with Crippen molar-refractivity contribution in [2.75, 3.05) is 7.11 Å². The fraction of sp³-hybridized carbons (Fsp3) is 0.429. The lowest BCUT2D eigenvalue weighted by atomic mass is 9.93. The SMILES string of the molecule is COc1ncccc1CNC(=O)[C@H]1CC=CCC1. The van der Waals surface area contributed by atoms with Crippen molar-refractivity contribution in [2.45, 2.75) is 25.8 Å². The standard InChI is InChI=1S/C14H18N2O2/c1-18-14-12(8-5-9-15-14)10-16-13(17)11-6-3-2-4-7-11/h2-3,5,8-9,11H,4,6-7,10H2,1H3,(H,16,17)/t11-/m0/s1. The Balaban J connectivity index is 1.90. The summed E-state index contributed by atoms with van der Waals surface area (Å²) in [5.74, 6) is 0.796. The van der Waals surface area contributed by atoms with E-state index in [-0.39, 0.29) is 11.8 Å². The van der Waals surface area contributed by atoms with E-state index in [1.165, 1.54) is 0 Å². The fourth-order valence-corrected chi connectivity index (χ4v) is 2.10. The smallest absolute Gasteiger partial charge is 0.223 e. The lowest BCUT2D eigenvalue weighted by Crippen LogP contribution is -2.30. The van der Waals surface area contributed by atoms with Gasteiger partial charge >= 0.3 is 0 Å². The zero-order chi connectivity index (χ0) is 12.8. The second-order valence-corrected chi connectivity index (χ2v) is 4.37. The van der Waals surface area contributed by atoms with E-state index >= 15 is 0 Å². The number of hydrogen-bond acceptors (Lipinski definition) is 3. The normalized spacial score (nSPS) is 18.4. The van der Waals surface area contributed by atoms with E-state index in [1.54, 1.807) is 13.3 Å². The van der Waals surface area contributed by atoms with Gasteiger partial charge < -0.3 is 10.1 Å². The molecule has 0 aromatic carbocycles. The number of amides is 1. The summed E-state index contributed by atoms with van der Waals surface area (Å²) < 4.78 is 5.15. The average molecular weight is 246 g/mol. The molecule has 4 heteroatoms. The van der Waals surface area contributed by atoms with E-state index in [0.29, 0.717) is 12.4 Å². The van der Waals surface area contributed by atoms with E-state index in [1.807, 2.05) is 12.1 Å². The highest BCUT2D eigenvalue weighted by atomic mass is 16.5. The minimum Gasteiger partial charge on any atom is -0.481 e. The number of hydrogen-bond donors (Lipinski definition) is 1. The van der Waals surface area contributed by atoms with Crippen molar-refractivity contribution < 1.29 is 9.53 Å². The number of pyridine rings is 1. The minimum absolute atomic E-state index is 0.109. The number of carbonyl (C=O) groups is 1. The highest BCUT2D eigenvalue weighted by Crippen LogP contribution is 2.19. The number of carbonyl (C=O) groups excluding carboxylic acids is 1. The van der Waals surface area contributed by atoms with Gasteiger partial charge in [0.25, 0.3) is 0 Å². The molecule has 96 valence electrons. The van der Waals surface area contributed by atoms with Crippen LogP contribution in [0.3, 0.4) is 0 Å². The Morgan fingerprint density at radius 2 is 2.44 bits per heavy atom. The van der Waals surface area contributed by atoms with E-state index in [4.69, 9.17) is 4.74 Å². The molecule has 1 aliphatic rings. The maximum absolute atomic E-state index is 12.0. The summed E-state index contributed by atoms with van der Waals surface area (Å²) in [6.07, 6.45) is 8.67. The van der Waals surface area contributed by atoms with Gasteiger partial charge in [-0.1, -0.05) is 18.2 Å². The molecule has 0 saturated carbocycles. The third kappa shape index (κ3) is 3.09.